The van der Waals surface area contributed by atoms with E-state index in [9.17, 15) is 18.5 Å². The van der Waals surface area contributed by atoms with E-state index in [0.29, 0.717) is 16.7 Å². The first-order chi connectivity index (χ1) is 10.5. The van der Waals surface area contributed by atoms with Crippen molar-refractivity contribution < 1.29 is 13.3 Å². The normalized spacial score (nSPS) is 11.5. The van der Waals surface area contributed by atoms with E-state index in [1.807, 2.05) is 0 Å². The van der Waals surface area contributed by atoms with Gasteiger partial charge in [-0.1, -0.05) is 6.07 Å². The molecule has 3 rings (SSSR count). The summed E-state index contributed by atoms with van der Waals surface area (Å²) in [5.41, 5.74) is 1.27. The van der Waals surface area contributed by atoms with E-state index in [-0.39, 0.29) is 10.6 Å². The molecule has 0 unspecified atom stereocenters. The Hall–Kier alpha value is -2.59. The molecule has 0 bridgehead atoms. The Bertz CT molecular complexity index is 968. The summed E-state index contributed by atoms with van der Waals surface area (Å²) in [6.07, 6.45) is 0. The molecule has 0 aliphatic carbocycles. The van der Waals surface area contributed by atoms with Crippen molar-refractivity contribution in [3.8, 4) is 0 Å². The second kappa shape index (κ2) is 5.31. The smallest absolute Gasteiger partial charge is 0.270 e. The molecular weight excluding hydrogens is 328 g/mol. The molecule has 0 aliphatic heterocycles. The Morgan fingerprint density at radius 1 is 1.09 bits per heavy atom. The van der Waals surface area contributed by atoms with Crippen LogP contribution in [0.25, 0.3) is 11.0 Å². The molecule has 8 nitrogen and oxygen atoms in total. The fourth-order valence-electron chi connectivity index (χ4n) is 1.82. The number of benzene rings is 2. The maximum absolute atomic E-state index is 12.3. The molecular formula is C12H8N4O4S2. The van der Waals surface area contributed by atoms with E-state index in [0.717, 1.165) is 17.8 Å². The number of rotatable bonds is 4. The van der Waals surface area contributed by atoms with Crippen LogP contribution in [0, 0.1) is 10.1 Å². The van der Waals surface area contributed by atoms with Crippen LogP contribution in [0.3, 0.4) is 0 Å². The van der Waals surface area contributed by atoms with Gasteiger partial charge in [-0.3, -0.25) is 14.8 Å². The van der Waals surface area contributed by atoms with Crippen molar-refractivity contribution in [3.63, 3.8) is 0 Å². The summed E-state index contributed by atoms with van der Waals surface area (Å²) in [5, 5.41) is 10.7. The van der Waals surface area contributed by atoms with Crippen LogP contribution in [0.5, 0.6) is 0 Å². The Morgan fingerprint density at radius 2 is 1.86 bits per heavy atom. The predicted octanol–water partition coefficient (Wildman–Crippen LogP) is 2.40. The van der Waals surface area contributed by atoms with Gasteiger partial charge in [0.25, 0.3) is 15.7 Å². The van der Waals surface area contributed by atoms with Crippen molar-refractivity contribution >= 4 is 44.2 Å². The highest BCUT2D eigenvalue weighted by atomic mass is 32.2. The van der Waals surface area contributed by atoms with Crippen molar-refractivity contribution in [2.24, 2.45) is 0 Å². The van der Waals surface area contributed by atoms with Gasteiger partial charge in [0.05, 0.1) is 27.2 Å². The number of aromatic nitrogens is 2. The minimum Gasteiger partial charge on any atom is -0.280 e. The first-order valence-corrected chi connectivity index (χ1v) is 8.17. The number of nitro benzene ring substituents is 1. The lowest BCUT2D eigenvalue weighted by Crippen LogP contribution is -2.13. The third kappa shape index (κ3) is 2.73. The second-order valence-electron chi connectivity index (χ2n) is 4.33. The van der Waals surface area contributed by atoms with Crippen LogP contribution >= 0.6 is 11.7 Å². The van der Waals surface area contributed by atoms with Gasteiger partial charge in [-0.05, 0) is 24.3 Å². The number of non-ortho nitro benzene ring substituents is 1. The van der Waals surface area contributed by atoms with Gasteiger partial charge < -0.3 is 0 Å². The molecule has 0 saturated heterocycles. The molecule has 0 atom stereocenters. The monoisotopic (exact) mass is 336 g/mol. The summed E-state index contributed by atoms with van der Waals surface area (Å²) in [4.78, 5) is 9.90. The first-order valence-electron chi connectivity index (χ1n) is 5.95. The lowest BCUT2D eigenvalue weighted by Gasteiger charge is -2.07. The zero-order valence-electron chi connectivity index (χ0n) is 10.8. The number of nitrogens with zero attached hydrogens (tertiary/aromatic N) is 3. The van der Waals surface area contributed by atoms with Gasteiger partial charge in [0.15, 0.2) is 0 Å². The number of anilines is 1. The third-order valence-electron chi connectivity index (χ3n) is 2.84. The highest BCUT2D eigenvalue weighted by molar-refractivity contribution is 7.92. The quantitative estimate of drug-likeness (QED) is 0.578. The van der Waals surface area contributed by atoms with E-state index in [1.54, 1.807) is 18.2 Å². The molecule has 0 spiro atoms. The summed E-state index contributed by atoms with van der Waals surface area (Å²) >= 11 is 1.03. The maximum Gasteiger partial charge on any atom is 0.270 e. The van der Waals surface area contributed by atoms with E-state index >= 15 is 0 Å². The second-order valence-corrected chi connectivity index (χ2v) is 6.54. The Kier molecular flexibility index (Phi) is 3.47. The summed E-state index contributed by atoms with van der Waals surface area (Å²) in [7, 11) is -3.92. The van der Waals surface area contributed by atoms with Gasteiger partial charge in [-0.15, -0.1) is 0 Å². The van der Waals surface area contributed by atoms with Gasteiger partial charge in [-0.25, -0.2) is 8.42 Å². The topological polar surface area (TPSA) is 115 Å². The fourth-order valence-corrected chi connectivity index (χ4v) is 3.43. The summed E-state index contributed by atoms with van der Waals surface area (Å²) in [6, 6.07) is 9.59. The molecule has 0 fully saturated rings. The lowest BCUT2D eigenvalue weighted by atomic mass is 10.3. The molecule has 2 aromatic carbocycles. The van der Waals surface area contributed by atoms with Crippen LogP contribution in [0.15, 0.2) is 47.4 Å². The Morgan fingerprint density at radius 3 is 2.64 bits per heavy atom. The highest BCUT2D eigenvalue weighted by Crippen LogP contribution is 2.22. The van der Waals surface area contributed by atoms with Crippen molar-refractivity contribution in [2.45, 2.75) is 4.90 Å². The van der Waals surface area contributed by atoms with Crippen LogP contribution in [0.1, 0.15) is 0 Å². The van der Waals surface area contributed by atoms with E-state index in [2.05, 4.69) is 13.5 Å². The molecule has 112 valence electrons. The van der Waals surface area contributed by atoms with Crippen molar-refractivity contribution in [3.05, 3.63) is 52.6 Å². The first kappa shape index (κ1) is 14.4. The molecule has 0 aliphatic rings. The summed E-state index contributed by atoms with van der Waals surface area (Å²) in [5.74, 6) is 0. The zero-order valence-corrected chi connectivity index (χ0v) is 12.5. The SMILES string of the molecule is O=[N+]([O-])c1cccc(S(=O)(=O)Nc2ccc3nsnc3c2)c1. The number of fused-ring (bicyclic) bond motifs is 1. The molecule has 0 radical (unpaired) electrons. The molecule has 1 heterocycles. The zero-order chi connectivity index (χ0) is 15.7. The maximum atomic E-state index is 12.3. The number of nitro groups is 1. The van der Waals surface area contributed by atoms with Crippen LogP contribution < -0.4 is 4.72 Å². The minimum absolute atomic E-state index is 0.182. The predicted molar refractivity (Wildman–Crippen MR) is 81.3 cm³/mol. The third-order valence-corrected chi connectivity index (χ3v) is 4.78. The highest BCUT2D eigenvalue weighted by Gasteiger charge is 2.18. The van der Waals surface area contributed by atoms with Crippen LogP contribution in [-0.4, -0.2) is 22.1 Å². The fraction of sp³-hybridized carbons (Fsp3) is 0. The molecule has 0 amide bonds. The standard InChI is InChI=1S/C12H8N4O4S2/c17-16(18)9-2-1-3-10(7-9)22(19,20)15-8-4-5-11-12(6-8)14-21-13-11/h1-7,15H. The van der Waals surface area contributed by atoms with Crippen LogP contribution in [0.4, 0.5) is 11.4 Å². The molecule has 22 heavy (non-hydrogen) atoms. The molecule has 1 aromatic heterocycles. The number of hydrogen-bond donors (Lipinski definition) is 1. The van der Waals surface area contributed by atoms with E-state index in [4.69, 9.17) is 0 Å². The number of nitrogens with one attached hydrogen (secondary N) is 1. The number of hydrogen-bond acceptors (Lipinski definition) is 7. The Labute approximate surface area is 128 Å². The van der Waals surface area contributed by atoms with Crippen LogP contribution in [0.2, 0.25) is 0 Å². The summed E-state index contributed by atoms with van der Waals surface area (Å²) < 4.78 is 35.0. The largest absolute Gasteiger partial charge is 0.280 e. The average molecular weight is 336 g/mol. The molecule has 3 aromatic rings. The van der Waals surface area contributed by atoms with Gasteiger partial charge in [-0.2, -0.15) is 8.75 Å². The number of sulfonamides is 1. The molecule has 1 N–H and O–H groups in total. The van der Waals surface area contributed by atoms with Crippen molar-refractivity contribution in [1.82, 2.24) is 8.75 Å². The van der Waals surface area contributed by atoms with E-state index < -0.39 is 14.9 Å². The molecule has 10 heteroatoms. The van der Waals surface area contributed by atoms with Crippen LogP contribution in [-0.2, 0) is 10.0 Å². The molecule has 0 saturated carbocycles. The van der Waals surface area contributed by atoms with Crippen molar-refractivity contribution in [2.75, 3.05) is 4.72 Å². The van der Waals surface area contributed by atoms with Crippen molar-refractivity contribution in [1.29, 1.82) is 0 Å². The minimum atomic E-state index is -3.92. The average Bonchev–Trinajstić information content (AvgIpc) is 2.94. The lowest BCUT2D eigenvalue weighted by molar-refractivity contribution is -0.385. The van der Waals surface area contributed by atoms with Gasteiger partial charge in [0.2, 0.25) is 0 Å². The van der Waals surface area contributed by atoms with Gasteiger partial charge >= 0.3 is 0 Å². The Balaban J connectivity index is 1.95. The summed E-state index contributed by atoms with van der Waals surface area (Å²) in [6.45, 7) is 0. The van der Waals surface area contributed by atoms with Gasteiger partial charge in [0, 0.05) is 12.1 Å². The van der Waals surface area contributed by atoms with Gasteiger partial charge in [0.1, 0.15) is 11.0 Å². The van der Waals surface area contributed by atoms with E-state index in [1.165, 1.54) is 18.2 Å².